The molecule has 3 atom stereocenters. The van der Waals surface area contributed by atoms with Crippen molar-refractivity contribution < 1.29 is 14.2 Å². The molecule has 1 fully saturated rings. The van der Waals surface area contributed by atoms with Crippen LogP contribution < -0.4 is 5.73 Å². The largest absolute Gasteiger partial charge is 0.396 e. The van der Waals surface area contributed by atoms with Crippen LogP contribution in [-0.2, 0) is 10.3 Å². The van der Waals surface area contributed by atoms with Crippen LogP contribution in [0.4, 0.5) is 4.39 Å². The molecule has 0 aromatic heterocycles. The van der Waals surface area contributed by atoms with Crippen molar-refractivity contribution in [3.8, 4) is 0 Å². The SMILES string of the molecule is C[C@H]1C[C@@H](CO)[C@](N)(c2ccccc2F)CO1. The first-order valence-electron chi connectivity index (χ1n) is 5.84. The first-order valence-corrected chi connectivity index (χ1v) is 5.84. The molecular weight excluding hydrogens is 221 g/mol. The summed E-state index contributed by atoms with van der Waals surface area (Å²) in [6, 6.07) is 6.43. The van der Waals surface area contributed by atoms with Crippen LogP contribution in [0.2, 0.25) is 0 Å². The van der Waals surface area contributed by atoms with Gasteiger partial charge in [-0.2, -0.15) is 0 Å². The van der Waals surface area contributed by atoms with Gasteiger partial charge in [0.1, 0.15) is 5.82 Å². The Morgan fingerprint density at radius 3 is 2.88 bits per heavy atom. The van der Waals surface area contributed by atoms with Gasteiger partial charge in [-0.15, -0.1) is 0 Å². The van der Waals surface area contributed by atoms with Crippen LogP contribution in [-0.4, -0.2) is 24.4 Å². The number of aliphatic hydroxyl groups is 1. The monoisotopic (exact) mass is 239 g/mol. The van der Waals surface area contributed by atoms with Crippen molar-refractivity contribution in [2.75, 3.05) is 13.2 Å². The minimum Gasteiger partial charge on any atom is -0.396 e. The first-order chi connectivity index (χ1) is 8.08. The number of aliphatic hydroxyl groups excluding tert-OH is 1. The number of hydrogen-bond donors (Lipinski definition) is 2. The molecule has 2 rings (SSSR count). The summed E-state index contributed by atoms with van der Waals surface area (Å²) in [5.41, 5.74) is 5.76. The van der Waals surface area contributed by atoms with Crippen molar-refractivity contribution in [3.63, 3.8) is 0 Å². The van der Waals surface area contributed by atoms with Crippen molar-refractivity contribution in [2.24, 2.45) is 11.7 Å². The predicted octanol–water partition coefficient (Wildman–Crippen LogP) is 1.40. The molecule has 4 heteroatoms. The highest BCUT2D eigenvalue weighted by atomic mass is 19.1. The van der Waals surface area contributed by atoms with Crippen molar-refractivity contribution in [1.82, 2.24) is 0 Å². The number of benzene rings is 1. The van der Waals surface area contributed by atoms with E-state index in [4.69, 9.17) is 10.5 Å². The summed E-state index contributed by atoms with van der Waals surface area (Å²) in [7, 11) is 0. The third-order valence-electron chi connectivity index (χ3n) is 3.55. The first kappa shape index (κ1) is 12.5. The average Bonchev–Trinajstić information content (AvgIpc) is 2.33. The maximum Gasteiger partial charge on any atom is 0.128 e. The smallest absolute Gasteiger partial charge is 0.128 e. The van der Waals surface area contributed by atoms with Gasteiger partial charge in [0.2, 0.25) is 0 Å². The third-order valence-corrected chi connectivity index (χ3v) is 3.55. The van der Waals surface area contributed by atoms with Crippen LogP contribution in [0.3, 0.4) is 0 Å². The highest BCUT2D eigenvalue weighted by Gasteiger charge is 2.42. The van der Waals surface area contributed by atoms with Crippen LogP contribution in [0, 0.1) is 11.7 Å². The third kappa shape index (κ3) is 2.20. The fourth-order valence-corrected chi connectivity index (χ4v) is 2.45. The Labute approximate surface area is 100 Å². The van der Waals surface area contributed by atoms with Crippen molar-refractivity contribution in [3.05, 3.63) is 35.6 Å². The summed E-state index contributed by atoms with van der Waals surface area (Å²) in [4.78, 5) is 0. The summed E-state index contributed by atoms with van der Waals surface area (Å²) in [5, 5.41) is 9.44. The molecule has 0 amide bonds. The summed E-state index contributed by atoms with van der Waals surface area (Å²) in [6.07, 6.45) is 0.692. The topological polar surface area (TPSA) is 55.5 Å². The van der Waals surface area contributed by atoms with Crippen molar-refractivity contribution >= 4 is 0 Å². The molecule has 1 aliphatic rings. The van der Waals surface area contributed by atoms with Gasteiger partial charge in [0.05, 0.1) is 18.2 Å². The lowest BCUT2D eigenvalue weighted by Crippen LogP contribution is -2.54. The van der Waals surface area contributed by atoms with E-state index in [9.17, 15) is 9.50 Å². The van der Waals surface area contributed by atoms with Gasteiger partial charge in [-0.25, -0.2) is 4.39 Å². The van der Waals surface area contributed by atoms with E-state index in [0.717, 1.165) is 0 Å². The zero-order valence-electron chi connectivity index (χ0n) is 9.90. The molecule has 3 nitrogen and oxygen atoms in total. The van der Waals surface area contributed by atoms with E-state index in [1.807, 2.05) is 6.92 Å². The summed E-state index contributed by atoms with van der Waals surface area (Å²) in [6.45, 7) is 2.11. The number of nitrogens with two attached hydrogens (primary N) is 1. The number of halogens is 1. The van der Waals surface area contributed by atoms with Crippen LogP contribution in [0.5, 0.6) is 0 Å². The van der Waals surface area contributed by atoms with Gasteiger partial charge in [0.25, 0.3) is 0 Å². The molecule has 0 unspecified atom stereocenters. The normalized spacial score (nSPS) is 33.6. The lowest BCUT2D eigenvalue weighted by Gasteiger charge is -2.43. The molecule has 0 spiro atoms. The zero-order valence-corrected chi connectivity index (χ0v) is 9.90. The number of hydrogen-bond acceptors (Lipinski definition) is 3. The Morgan fingerprint density at radius 2 is 2.24 bits per heavy atom. The van der Waals surface area contributed by atoms with Crippen molar-refractivity contribution in [1.29, 1.82) is 0 Å². The summed E-state index contributed by atoms with van der Waals surface area (Å²) in [5.74, 6) is -0.519. The van der Waals surface area contributed by atoms with Gasteiger partial charge in [-0.05, 0) is 19.4 Å². The quantitative estimate of drug-likeness (QED) is 0.820. The van der Waals surface area contributed by atoms with Crippen LogP contribution in [0.1, 0.15) is 18.9 Å². The maximum atomic E-state index is 13.8. The molecule has 1 aromatic carbocycles. The minimum atomic E-state index is -0.938. The van der Waals surface area contributed by atoms with Crippen LogP contribution in [0.25, 0.3) is 0 Å². The molecule has 3 N–H and O–H groups in total. The molecule has 0 saturated carbocycles. The fraction of sp³-hybridized carbons (Fsp3) is 0.538. The van der Waals surface area contributed by atoms with Gasteiger partial charge in [-0.1, -0.05) is 18.2 Å². The Morgan fingerprint density at radius 1 is 1.53 bits per heavy atom. The Kier molecular flexibility index (Phi) is 3.47. The van der Waals surface area contributed by atoms with Crippen molar-refractivity contribution in [2.45, 2.75) is 25.0 Å². The molecule has 0 radical (unpaired) electrons. The van der Waals surface area contributed by atoms with E-state index >= 15 is 0 Å². The number of ether oxygens (including phenoxy) is 1. The standard InChI is InChI=1S/C13H18FNO2/c1-9-6-10(7-16)13(15,8-17-9)11-4-2-3-5-12(11)14/h2-5,9-10,16H,6-8,15H2,1H3/t9-,10-,13-/m0/s1. The molecule has 0 aliphatic carbocycles. The molecule has 0 bridgehead atoms. The molecule has 1 aromatic rings. The minimum absolute atomic E-state index is 0.0515. The average molecular weight is 239 g/mol. The molecule has 17 heavy (non-hydrogen) atoms. The summed E-state index contributed by atoms with van der Waals surface area (Å²) < 4.78 is 19.3. The Balaban J connectivity index is 2.37. The summed E-state index contributed by atoms with van der Waals surface area (Å²) >= 11 is 0. The zero-order chi connectivity index (χ0) is 12.5. The van der Waals surface area contributed by atoms with E-state index in [1.54, 1.807) is 18.2 Å². The van der Waals surface area contributed by atoms with E-state index in [0.29, 0.717) is 12.0 Å². The van der Waals surface area contributed by atoms with E-state index in [-0.39, 0.29) is 31.1 Å². The maximum absolute atomic E-state index is 13.8. The second kappa shape index (κ2) is 4.72. The molecule has 1 heterocycles. The predicted molar refractivity (Wildman–Crippen MR) is 62.9 cm³/mol. The van der Waals surface area contributed by atoms with Gasteiger partial charge >= 0.3 is 0 Å². The highest BCUT2D eigenvalue weighted by molar-refractivity contribution is 5.27. The molecular formula is C13H18FNO2. The van der Waals surface area contributed by atoms with Gasteiger partial charge in [0.15, 0.2) is 0 Å². The highest BCUT2D eigenvalue weighted by Crippen LogP contribution is 2.36. The van der Waals surface area contributed by atoms with Gasteiger partial charge in [0, 0.05) is 18.1 Å². The van der Waals surface area contributed by atoms with Gasteiger partial charge < -0.3 is 15.6 Å². The second-order valence-corrected chi connectivity index (χ2v) is 4.76. The van der Waals surface area contributed by atoms with E-state index in [1.165, 1.54) is 6.07 Å². The Bertz CT molecular complexity index is 399. The van der Waals surface area contributed by atoms with Crippen LogP contribution >= 0.6 is 0 Å². The lowest BCUT2D eigenvalue weighted by atomic mass is 9.75. The van der Waals surface area contributed by atoms with E-state index in [2.05, 4.69) is 0 Å². The molecule has 94 valence electrons. The lowest BCUT2D eigenvalue weighted by molar-refractivity contribution is -0.0680. The Hall–Kier alpha value is -0.970. The molecule has 1 saturated heterocycles. The van der Waals surface area contributed by atoms with E-state index < -0.39 is 5.54 Å². The number of rotatable bonds is 2. The molecule has 1 aliphatic heterocycles. The second-order valence-electron chi connectivity index (χ2n) is 4.76. The van der Waals surface area contributed by atoms with Gasteiger partial charge in [-0.3, -0.25) is 0 Å². The van der Waals surface area contributed by atoms with Crippen LogP contribution in [0.15, 0.2) is 24.3 Å². The fourth-order valence-electron chi connectivity index (χ4n) is 2.45.